The van der Waals surface area contributed by atoms with Crippen molar-refractivity contribution in [2.24, 2.45) is 0 Å². The molecule has 0 aliphatic carbocycles. The van der Waals surface area contributed by atoms with Crippen LogP contribution in [0.5, 0.6) is 0 Å². The molecule has 144 valence electrons. The van der Waals surface area contributed by atoms with E-state index in [2.05, 4.69) is 10.6 Å². The lowest BCUT2D eigenvalue weighted by atomic mass is 10.2. The number of anilines is 1. The number of likely N-dealkylation sites (N-methyl/N-ethyl adjacent to an activating group) is 1. The van der Waals surface area contributed by atoms with Crippen LogP contribution in [0.15, 0.2) is 42.5 Å². The third-order valence-electron chi connectivity index (χ3n) is 3.79. The number of nitrogens with one attached hydrogen (secondary N) is 2. The lowest BCUT2D eigenvalue weighted by molar-refractivity contribution is -0.123. The summed E-state index contributed by atoms with van der Waals surface area (Å²) < 4.78 is 26.0. The first-order valence-corrected chi connectivity index (χ1v) is 8.73. The Morgan fingerprint density at radius 3 is 2.33 bits per heavy atom. The van der Waals surface area contributed by atoms with E-state index in [1.165, 1.54) is 30.3 Å². The summed E-state index contributed by atoms with van der Waals surface area (Å²) in [5, 5.41) is 5.26. The zero-order chi connectivity index (χ0) is 19.8. The second kappa shape index (κ2) is 9.99. The molecule has 2 amide bonds. The highest BCUT2D eigenvalue weighted by atomic mass is 35.5. The molecule has 0 aliphatic rings. The smallest absolute Gasteiger partial charge is 0.238 e. The number of nitrogens with zero attached hydrogens (tertiary/aromatic N) is 1. The Balaban J connectivity index is 1.80. The number of halogens is 3. The van der Waals surface area contributed by atoms with Crippen molar-refractivity contribution in [2.75, 3.05) is 25.0 Å². The van der Waals surface area contributed by atoms with E-state index < -0.39 is 5.82 Å². The minimum Gasteiger partial charge on any atom is -0.351 e. The van der Waals surface area contributed by atoms with E-state index >= 15 is 0 Å². The van der Waals surface area contributed by atoms with Crippen LogP contribution < -0.4 is 10.6 Å². The number of hydrogen-bond donors (Lipinski definition) is 2. The number of amides is 2. The Hall–Kier alpha value is -2.51. The first-order chi connectivity index (χ1) is 12.9. The van der Waals surface area contributed by atoms with Crippen LogP contribution in [0.3, 0.4) is 0 Å². The van der Waals surface area contributed by atoms with E-state index in [0.29, 0.717) is 12.2 Å². The molecule has 0 saturated heterocycles. The summed E-state index contributed by atoms with van der Waals surface area (Å²) in [7, 11) is 0. The van der Waals surface area contributed by atoms with Gasteiger partial charge in [0.25, 0.3) is 0 Å². The molecule has 0 spiro atoms. The fourth-order valence-electron chi connectivity index (χ4n) is 2.32. The van der Waals surface area contributed by atoms with Crippen LogP contribution in [0.1, 0.15) is 12.5 Å². The summed E-state index contributed by atoms with van der Waals surface area (Å²) in [6.07, 6.45) is 0. The van der Waals surface area contributed by atoms with E-state index in [4.69, 9.17) is 11.6 Å². The van der Waals surface area contributed by atoms with Crippen LogP contribution >= 0.6 is 11.6 Å². The summed E-state index contributed by atoms with van der Waals surface area (Å²) in [6.45, 7) is 2.62. The molecule has 0 aliphatic heterocycles. The molecule has 0 unspecified atom stereocenters. The number of hydrogen-bond acceptors (Lipinski definition) is 3. The van der Waals surface area contributed by atoms with Crippen molar-refractivity contribution < 1.29 is 18.4 Å². The van der Waals surface area contributed by atoms with Gasteiger partial charge < -0.3 is 10.6 Å². The molecule has 27 heavy (non-hydrogen) atoms. The first-order valence-electron chi connectivity index (χ1n) is 8.35. The van der Waals surface area contributed by atoms with E-state index in [-0.39, 0.29) is 42.3 Å². The number of carbonyl (C=O) groups excluding carboxylic acids is 2. The topological polar surface area (TPSA) is 61.4 Å². The largest absolute Gasteiger partial charge is 0.351 e. The second-order valence-electron chi connectivity index (χ2n) is 5.88. The van der Waals surface area contributed by atoms with E-state index in [1.807, 2.05) is 6.92 Å². The fraction of sp³-hybridized carbons (Fsp3) is 0.263. The van der Waals surface area contributed by atoms with Crippen molar-refractivity contribution in [2.45, 2.75) is 13.5 Å². The lowest BCUT2D eigenvalue weighted by Gasteiger charge is -2.19. The van der Waals surface area contributed by atoms with Gasteiger partial charge in [0, 0.05) is 12.2 Å². The molecule has 0 radical (unpaired) electrons. The number of rotatable bonds is 8. The van der Waals surface area contributed by atoms with Gasteiger partial charge in [-0.25, -0.2) is 8.78 Å². The number of benzene rings is 2. The molecular weight excluding hydrogens is 376 g/mol. The van der Waals surface area contributed by atoms with E-state index in [9.17, 15) is 18.4 Å². The summed E-state index contributed by atoms with van der Waals surface area (Å²) in [5.41, 5.74) is 1.15. The molecule has 2 aromatic carbocycles. The predicted molar refractivity (Wildman–Crippen MR) is 100 cm³/mol. The van der Waals surface area contributed by atoms with Crippen LogP contribution in [0.2, 0.25) is 5.02 Å². The highest BCUT2D eigenvalue weighted by Gasteiger charge is 2.14. The highest BCUT2D eigenvalue weighted by Crippen LogP contribution is 2.19. The zero-order valence-corrected chi connectivity index (χ0v) is 15.5. The monoisotopic (exact) mass is 395 g/mol. The molecule has 8 heteroatoms. The van der Waals surface area contributed by atoms with Gasteiger partial charge in [-0.15, -0.1) is 0 Å². The summed E-state index contributed by atoms with van der Waals surface area (Å²) in [4.78, 5) is 25.8. The molecule has 5 nitrogen and oxygen atoms in total. The normalized spacial score (nSPS) is 10.7. The predicted octanol–water partition coefficient (Wildman–Crippen LogP) is 3.20. The van der Waals surface area contributed by atoms with Crippen LogP contribution in [-0.4, -0.2) is 36.3 Å². The maximum atomic E-state index is 13.1. The maximum Gasteiger partial charge on any atom is 0.238 e. The average Bonchev–Trinajstić information content (AvgIpc) is 2.63. The Labute approximate surface area is 161 Å². The van der Waals surface area contributed by atoms with Gasteiger partial charge in [-0.05, 0) is 42.4 Å². The van der Waals surface area contributed by atoms with Crippen molar-refractivity contribution in [3.8, 4) is 0 Å². The molecule has 2 rings (SSSR count). The molecule has 0 saturated carbocycles. The third kappa shape index (κ3) is 6.96. The minimum absolute atomic E-state index is 0.00450. The average molecular weight is 396 g/mol. The van der Waals surface area contributed by atoms with E-state index in [0.717, 1.165) is 5.56 Å². The van der Waals surface area contributed by atoms with Gasteiger partial charge in [-0.2, -0.15) is 0 Å². The van der Waals surface area contributed by atoms with Gasteiger partial charge >= 0.3 is 0 Å². The minimum atomic E-state index is -0.567. The number of carbonyl (C=O) groups is 2. The molecule has 0 aromatic heterocycles. The third-order valence-corrected chi connectivity index (χ3v) is 4.08. The van der Waals surface area contributed by atoms with Crippen LogP contribution in [0.4, 0.5) is 14.5 Å². The summed E-state index contributed by atoms with van der Waals surface area (Å²) >= 11 is 5.68. The van der Waals surface area contributed by atoms with Gasteiger partial charge in [0.05, 0.1) is 18.1 Å². The fourth-order valence-corrected chi connectivity index (χ4v) is 2.50. The van der Waals surface area contributed by atoms with Crippen LogP contribution in [-0.2, 0) is 16.1 Å². The standard InChI is InChI=1S/C19H20ClF2N3O2/c1-2-25(11-18(26)23-10-13-3-5-14(21)6-4-13)12-19(27)24-15-7-8-17(22)16(20)9-15/h3-9H,2,10-12H2,1H3,(H,23,26)(H,24,27). The first kappa shape index (κ1) is 20.8. The van der Waals surface area contributed by atoms with Crippen molar-refractivity contribution in [3.63, 3.8) is 0 Å². The van der Waals surface area contributed by atoms with Crippen molar-refractivity contribution >= 4 is 29.1 Å². The highest BCUT2D eigenvalue weighted by molar-refractivity contribution is 6.31. The quantitative estimate of drug-likeness (QED) is 0.721. The SMILES string of the molecule is CCN(CC(=O)NCc1ccc(F)cc1)CC(=O)Nc1ccc(F)c(Cl)c1. The van der Waals surface area contributed by atoms with E-state index in [1.54, 1.807) is 17.0 Å². The Morgan fingerprint density at radius 2 is 1.70 bits per heavy atom. The Bertz CT molecular complexity index is 800. The molecule has 2 aromatic rings. The van der Waals surface area contributed by atoms with Crippen LogP contribution in [0, 0.1) is 11.6 Å². The molecule has 0 bridgehead atoms. The molecule has 0 heterocycles. The molecule has 2 N–H and O–H groups in total. The van der Waals surface area contributed by atoms with Gasteiger partial charge in [0.1, 0.15) is 11.6 Å². The van der Waals surface area contributed by atoms with Gasteiger partial charge in [-0.3, -0.25) is 14.5 Å². The second-order valence-corrected chi connectivity index (χ2v) is 6.29. The van der Waals surface area contributed by atoms with Gasteiger partial charge in [0.15, 0.2) is 0 Å². The summed E-state index contributed by atoms with van der Waals surface area (Å²) in [5.74, 6) is -1.50. The summed E-state index contributed by atoms with van der Waals surface area (Å²) in [6, 6.07) is 9.73. The molecular formula is C19H20ClF2N3O2. The van der Waals surface area contributed by atoms with Gasteiger partial charge in [-0.1, -0.05) is 30.7 Å². The van der Waals surface area contributed by atoms with Crippen molar-refractivity contribution in [1.29, 1.82) is 0 Å². The van der Waals surface area contributed by atoms with Crippen molar-refractivity contribution in [1.82, 2.24) is 10.2 Å². The van der Waals surface area contributed by atoms with Gasteiger partial charge in [0.2, 0.25) is 11.8 Å². The molecule has 0 atom stereocenters. The van der Waals surface area contributed by atoms with Crippen LogP contribution in [0.25, 0.3) is 0 Å². The Morgan fingerprint density at radius 1 is 1.04 bits per heavy atom. The Kier molecular flexibility index (Phi) is 7.69. The van der Waals surface area contributed by atoms with Crippen molar-refractivity contribution in [3.05, 3.63) is 64.7 Å². The maximum absolute atomic E-state index is 13.1. The zero-order valence-electron chi connectivity index (χ0n) is 14.8. The lowest BCUT2D eigenvalue weighted by Crippen LogP contribution is -2.40. The molecule has 0 fully saturated rings.